The van der Waals surface area contributed by atoms with Crippen molar-refractivity contribution in [2.75, 3.05) is 0 Å². The minimum Gasteiger partial charge on any atom is -0.507 e. The molecule has 1 rings (SSSR count). The third-order valence-electron chi connectivity index (χ3n) is 1.89. The van der Waals surface area contributed by atoms with E-state index < -0.39 is 6.03 Å². The van der Waals surface area contributed by atoms with Gasteiger partial charge >= 0.3 is 6.03 Å². The number of urea groups is 1. The van der Waals surface area contributed by atoms with Crippen molar-refractivity contribution in [1.82, 2.24) is 5.43 Å². The number of aromatic hydroxyl groups is 1. The molecule has 0 heterocycles. The van der Waals surface area contributed by atoms with Gasteiger partial charge in [0.05, 0.1) is 6.21 Å². The molecule has 0 radical (unpaired) electrons. The number of benzene rings is 1. The Morgan fingerprint density at radius 1 is 1.62 bits per heavy atom. The molecule has 0 saturated carbocycles. The van der Waals surface area contributed by atoms with Gasteiger partial charge in [-0.15, -0.1) is 6.58 Å². The number of nitrogens with one attached hydrogen (secondary N) is 1. The predicted octanol–water partition coefficient (Wildman–Crippen LogP) is 1.12. The highest BCUT2D eigenvalue weighted by Gasteiger charge is 2.03. The van der Waals surface area contributed by atoms with Gasteiger partial charge in [0.1, 0.15) is 5.75 Å². The lowest BCUT2D eigenvalue weighted by Gasteiger charge is -2.04. The molecule has 0 aliphatic heterocycles. The summed E-state index contributed by atoms with van der Waals surface area (Å²) in [6.45, 7) is 3.59. The highest BCUT2D eigenvalue weighted by molar-refractivity contribution is 5.85. The number of hydrogen-bond acceptors (Lipinski definition) is 3. The maximum absolute atomic E-state index is 10.4. The minimum absolute atomic E-state index is 0.123. The number of allylic oxidation sites excluding steroid dienone is 1. The van der Waals surface area contributed by atoms with Crippen molar-refractivity contribution in [3.63, 3.8) is 0 Å². The molecule has 2 amide bonds. The second kappa shape index (κ2) is 5.55. The van der Waals surface area contributed by atoms with Crippen LogP contribution in [-0.2, 0) is 6.42 Å². The maximum Gasteiger partial charge on any atom is 0.332 e. The number of para-hydroxylation sites is 1. The van der Waals surface area contributed by atoms with Gasteiger partial charge in [0.2, 0.25) is 0 Å². The molecule has 0 spiro atoms. The Bertz CT molecular complexity index is 427. The standard InChI is InChI=1S/C11H13N3O2/c1-2-4-8-5-3-6-9(10(8)15)7-13-14-11(12)16/h2-3,5-7,15H,1,4H2,(H3,12,14,16). The Morgan fingerprint density at radius 2 is 2.38 bits per heavy atom. The molecule has 0 bridgehead atoms. The molecule has 84 valence electrons. The first-order valence-electron chi connectivity index (χ1n) is 4.65. The normalized spacial score (nSPS) is 10.2. The van der Waals surface area contributed by atoms with E-state index in [4.69, 9.17) is 5.73 Å². The van der Waals surface area contributed by atoms with Crippen molar-refractivity contribution in [2.24, 2.45) is 10.8 Å². The lowest BCUT2D eigenvalue weighted by Crippen LogP contribution is -2.24. The second-order valence-corrected chi connectivity index (χ2v) is 3.08. The zero-order valence-electron chi connectivity index (χ0n) is 8.68. The van der Waals surface area contributed by atoms with E-state index in [-0.39, 0.29) is 5.75 Å². The van der Waals surface area contributed by atoms with E-state index in [1.807, 2.05) is 5.43 Å². The van der Waals surface area contributed by atoms with Gasteiger partial charge in [-0.05, 0) is 18.1 Å². The Kier molecular flexibility index (Phi) is 4.08. The fourth-order valence-electron chi connectivity index (χ4n) is 1.20. The molecule has 0 aliphatic rings. The number of hydrogen-bond donors (Lipinski definition) is 3. The highest BCUT2D eigenvalue weighted by atomic mass is 16.3. The molecule has 4 N–H and O–H groups in total. The molecule has 0 unspecified atom stereocenters. The van der Waals surface area contributed by atoms with E-state index in [1.54, 1.807) is 24.3 Å². The predicted molar refractivity (Wildman–Crippen MR) is 62.3 cm³/mol. The molecule has 16 heavy (non-hydrogen) atoms. The zero-order valence-corrected chi connectivity index (χ0v) is 8.68. The van der Waals surface area contributed by atoms with Crippen LogP contribution in [0, 0.1) is 0 Å². The summed E-state index contributed by atoms with van der Waals surface area (Å²) in [5, 5.41) is 13.4. The van der Waals surface area contributed by atoms with Crippen LogP contribution in [0.25, 0.3) is 0 Å². The van der Waals surface area contributed by atoms with Gasteiger partial charge in [0, 0.05) is 5.56 Å². The second-order valence-electron chi connectivity index (χ2n) is 3.08. The summed E-state index contributed by atoms with van der Waals surface area (Å²) in [6.07, 6.45) is 3.58. The maximum atomic E-state index is 10.4. The first-order valence-corrected chi connectivity index (χ1v) is 4.65. The SMILES string of the molecule is C=CCc1cccc(C=NNC(N)=O)c1O. The quantitative estimate of drug-likeness (QED) is 0.402. The van der Waals surface area contributed by atoms with Crippen LogP contribution in [0.2, 0.25) is 0 Å². The lowest BCUT2D eigenvalue weighted by atomic mass is 10.1. The first kappa shape index (κ1) is 11.8. The van der Waals surface area contributed by atoms with Crippen LogP contribution >= 0.6 is 0 Å². The van der Waals surface area contributed by atoms with Crippen molar-refractivity contribution in [3.05, 3.63) is 42.0 Å². The van der Waals surface area contributed by atoms with Gasteiger partial charge in [-0.25, -0.2) is 10.2 Å². The summed E-state index contributed by atoms with van der Waals surface area (Å²) in [5.41, 5.74) is 8.14. The number of hydrazone groups is 1. The summed E-state index contributed by atoms with van der Waals surface area (Å²) in [4.78, 5) is 10.4. The molecule has 0 aliphatic carbocycles. The number of phenols is 1. The van der Waals surface area contributed by atoms with Crippen molar-refractivity contribution >= 4 is 12.2 Å². The van der Waals surface area contributed by atoms with Crippen LogP contribution in [0.1, 0.15) is 11.1 Å². The summed E-state index contributed by atoms with van der Waals surface area (Å²) >= 11 is 0. The summed E-state index contributed by atoms with van der Waals surface area (Å²) in [5.74, 6) is 0.123. The Labute approximate surface area is 93.3 Å². The largest absolute Gasteiger partial charge is 0.507 e. The lowest BCUT2D eigenvalue weighted by molar-refractivity contribution is 0.249. The van der Waals surface area contributed by atoms with Gasteiger partial charge in [0.25, 0.3) is 0 Å². The summed E-state index contributed by atoms with van der Waals surface area (Å²) in [7, 11) is 0. The molecule has 0 fully saturated rings. The zero-order chi connectivity index (χ0) is 12.0. The molecule has 5 nitrogen and oxygen atoms in total. The van der Waals surface area contributed by atoms with Crippen molar-refractivity contribution in [1.29, 1.82) is 0 Å². The van der Waals surface area contributed by atoms with Crippen molar-refractivity contribution < 1.29 is 9.90 Å². The molecule has 1 aromatic rings. The van der Waals surface area contributed by atoms with Gasteiger partial charge in [-0.2, -0.15) is 5.10 Å². The third-order valence-corrected chi connectivity index (χ3v) is 1.89. The summed E-state index contributed by atoms with van der Waals surface area (Å²) < 4.78 is 0. The molecule has 1 aromatic carbocycles. The average molecular weight is 219 g/mol. The van der Waals surface area contributed by atoms with Crippen LogP contribution in [0.15, 0.2) is 36.0 Å². The monoisotopic (exact) mass is 219 g/mol. The molecule has 0 atom stereocenters. The Hall–Kier alpha value is -2.30. The van der Waals surface area contributed by atoms with Gasteiger partial charge in [-0.3, -0.25) is 0 Å². The van der Waals surface area contributed by atoms with Crippen LogP contribution in [0.4, 0.5) is 4.79 Å². The topological polar surface area (TPSA) is 87.7 Å². The fourth-order valence-corrected chi connectivity index (χ4v) is 1.20. The number of nitrogens with two attached hydrogens (primary N) is 1. The van der Waals surface area contributed by atoms with Crippen molar-refractivity contribution in [3.8, 4) is 5.75 Å². The van der Waals surface area contributed by atoms with Gasteiger partial charge < -0.3 is 10.8 Å². The van der Waals surface area contributed by atoms with Crippen LogP contribution in [0.3, 0.4) is 0 Å². The molecular weight excluding hydrogens is 206 g/mol. The number of carbonyl (C=O) groups is 1. The van der Waals surface area contributed by atoms with Crippen LogP contribution in [0.5, 0.6) is 5.75 Å². The highest BCUT2D eigenvalue weighted by Crippen LogP contribution is 2.21. The van der Waals surface area contributed by atoms with E-state index in [1.165, 1.54) is 6.21 Å². The van der Waals surface area contributed by atoms with Gasteiger partial charge in [-0.1, -0.05) is 18.2 Å². The van der Waals surface area contributed by atoms with E-state index in [2.05, 4.69) is 11.7 Å². The molecule has 0 aromatic heterocycles. The minimum atomic E-state index is -0.752. The number of rotatable bonds is 4. The molecule has 0 saturated heterocycles. The van der Waals surface area contributed by atoms with Crippen LogP contribution < -0.4 is 11.2 Å². The first-order chi connectivity index (χ1) is 7.65. The van der Waals surface area contributed by atoms with Gasteiger partial charge in [0.15, 0.2) is 0 Å². The fraction of sp³-hybridized carbons (Fsp3) is 0.0909. The number of nitrogens with zero attached hydrogens (tertiary/aromatic N) is 1. The van der Waals surface area contributed by atoms with Crippen molar-refractivity contribution in [2.45, 2.75) is 6.42 Å². The smallest absolute Gasteiger partial charge is 0.332 e. The van der Waals surface area contributed by atoms with E-state index in [9.17, 15) is 9.90 Å². The number of primary amides is 1. The molecule has 5 heteroatoms. The summed E-state index contributed by atoms with van der Waals surface area (Å²) in [6, 6.07) is 4.49. The Morgan fingerprint density at radius 3 is 3.00 bits per heavy atom. The molecular formula is C11H13N3O2. The van der Waals surface area contributed by atoms with E-state index in [0.29, 0.717) is 12.0 Å². The van der Waals surface area contributed by atoms with Crippen LogP contribution in [-0.4, -0.2) is 17.4 Å². The number of amides is 2. The third kappa shape index (κ3) is 3.13. The van der Waals surface area contributed by atoms with E-state index in [0.717, 1.165) is 5.56 Å². The van der Waals surface area contributed by atoms with E-state index >= 15 is 0 Å². The number of phenolic OH excluding ortho intramolecular Hbond substituents is 1. The number of carbonyl (C=O) groups excluding carboxylic acids is 1. The average Bonchev–Trinajstić information content (AvgIpc) is 2.23. The Balaban J connectivity index is 2.88.